The van der Waals surface area contributed by atoms with Gasteiger partial charge < -0.3 is 14.2 Å². The largest absolute Gasteiger partial charge is 0.497 e. The number of nitro groups is 1. The lowest BCUT2D eigenvalue weighted by Gasteiger charge is -2.18. The molecule has 1 atom stereocenters. The van der Waals surface area contributed by atoms with Crippen LogP contribution in [0, 0.1) is 17.0 Å². The van der Waals surface area contributed by atoms with E-state index in [0.717, 1.165) is 11.3 Å². The minimum atomic E-state index is -0.570. The fourth-order valence-electron chi connectivity index (χ4n) is 3.83. The number of halogens is 2. The standard InChI is InChI=1S/C27H26Cl2N4O5S/c1-4-37-25-13-18(6-12-24(25)38-16-19-5-7-20(28)14-23(19)29)26(15-32(34)35)39-27-31-30-17(2)33(27)21-8-10-22(36-3)11-9-21/h5-14,26H,4,15-16H2,1-3H3/t26-/m1/s1. The lowest BCUT2D eigenvalue weighted by atomic mass is 10.1. The van der Waals surface area contributed by atoms with E-state index >= 15 is 0 Å². The Labute approximate surface area is 240 Å². The normalized spacial score (nSPS) is 11.7. The molecule has 0 aliphatic carbocycles. The third-order valence-corrected chi connectivity index (χ3v) is 7.49. The highest BCUT2D eigenvalue weighted by Crippen LogP contribution is 2.40. The monoisotopic (exact) mass is 588 g/mol. The summed E-state index contributed by atoms with van der Waals surface area (Å²) < 4.78 is 18.9. The SMILES string of the molecule is CCOc1cc([C@@H](C[N+](=O)[O-])Sc2nnc(C)n2-c2ccc(OC)cc2)ccc1OCc1ccc(Cl)cc1Cl. The molecule has 0 aliphatic rings. The van der Waals surface area contributed by atoms with Gasteiger partial charge in [0.05, 0.1) is 13.7 Å². The number of benzene rings is 3. The molecule has 39 heavy (non-hydrogen) atoms. The van der Waals surface area contributed by atoms with Crippen LogP contribution in [0.3, 0.4) is 0 Å². The smallest absolute Gasteiger partial charge is 0.220 e. The van der Waals surface area contributed by atoms with Crippen LogP contribution >= 0.6 is 35.0 Å². The van der Waals surface area contributed by atoms with E-state index in [1.54, 1.807) is 43.5 Å². The summed E-state index contributed by atoms with van der Waals surface area (Å²) in [5, 5.41) is 21.2. The summed E-state index contributed by atoms with van der Waals surface area (Å²) in [6.45, 7) is 3.95. The van der Waals surface area contributed by atoms with Crippen LogP contribution < -0.4 is 14.2 Å². The molecule has 0 saturated carbocycles. The molecule has 0 amide bonds. The topological polar surface area (TPSA) is 102 Å². The van der Waals surface area contributed by atoms with Gasteiger partial charge in [-0.25, -0.2) is 0 Å². The van der Waals surface area contributed by atoms with Crippen molar-refractivity contribution < 1.29 is 19.1 Å². The minimum Gasteiger partial charge on any atom is -0.497 e. The fourth-order valence-corrected chi connectivity index (χ4v) is 5.46. The van der Waals surface area contributed by atoms with Crippen molar-refractivity contribution in [2.75, 3.05) is 20.3 Å². The molecule has 9 nitrogen and oxygen atoms in total. The van der Waals surface area contributed by atoms with E-state index in [9.17, 15) is 10.1 Å². The molecular formula is C27H26Cl2N4O5S. The fraction of sp³-hybridized carbons (Fsp3) is 0.259. The Morgan fingerprint density at radius 1 is 1.03 bits per heavy atom. The number of nitrogens with zero attached hydrogens (tertiary/aromatic N) is 4. The third kappa shape index (κ3) is 7.14. The maximum Gasteiger partial charge on any atom is 0.220 e. The van der Waals surface area contributed by atoms with Gasteiger partial charge in [0.25, 0.3) is 0 Å². The average Bonchev–Trinajstić information content (AvgIpc) is 3.28. The van der Waals surface area contributed by atoms with Crippen molar-refractivity contribution >= 4 is 35.0 Å². The predicted molar refractivity (Wildman–Crippen MR) is 152 cm³/mol. The van der Waals surface area contributed by atoms with Crippen LogP contribution in [0.4, 0.5) is 0 Å². The molecule has 3 aromatic carbocycles. The number of aromatic nitrogens is 3. The number of hydrogen-bond acceptors (Lipinski definition) is 8. The highest BCUT2D eigenvalue weighted by Gasteiger charge is 2.25. The molecule has 0 radical (unpaired) electrons. The van der Waals surface area contributed by atoms with Crippen molar-refractivity contribution in [1.29, 1.82) is 0 Å². The van der Waals surface area contributed by atoms with Crippen LogP contribution in [0.2, 0.25) is 10.0 Å². The van der Waals surface area contributed by atoms with Crippen LogP contribution in [-0.4, -0.2) is 39.9 Å². The van der Waals surface area contributed by atoms with Crippen molar-refractivity contribution in [1.82, 2.24) is 14.8 Å². The number of rotatable bonds is 12. The van der Waals surface area contributed by atoms with Crippen molar-refractivity contribution in [3.63, 3.8) is 0 Å². The van der Waals surface area contributed by atoms with Crippen LogP contribution in [0.1, 0.15) is 29.1 Å². The second-order valence-electron chi connectivity index (χ2n) is 8.35. The molecule has 1 aromatic heterocycles. The van der Waals surface area contributed by atoms with E-state index in [2.05, 4.69) is 10.2 Å². The molecule has 4 aromatic rings. The molecule has 0 unspecified atom stereocenters. The molecule has 0 bridgehead atoms. The zero-order valence-corrected chi connectivity index (χ0v) is 23.8. The average molecular weight is 590 g/mol. The van der Waals surface area contributed by atoms with Gasteiger partial charge in [0.2, 0.25) is 6.54 Å². The molecule has 4 rings (SSSR count). The van der Waals surface area contributed by atoms with Crippen molar-refractivity contribution in [2.24, 2.45) is 0 Å². The van der Waals surface area contributed by atoms with E-state index in [1.807, 2.05) is 42.7 Å². The Hall–Kier alpha value is -3.47. The van der Waals surface area contributed by atoms with Gasteiger partial charge in [0.1, 0.15) is 23.4 Å². The van der Waals surface area contributed by atoms with E-state index in [1.165, 1.54) is 11.8 Å². The van der Waals surface area contributed by atoms with Crippen molar-refractivity contribution in [3.8, 4) is 22.9 Å². The molecule has 0 saturated heterocycles. The Morgan fingerprint density at radius 3 is 2.46 bits per heavy atom. The van der Waals surface area contributed by atoms with Gasteiger partial charge in [0.15, 0.2) is 16.7 Å². The van der Waals surface area contributed by atoms with Gasteiger partial charge in [0, 0.05) is 26.2 Å². The lowest BCUT2D eigenvalue weighted by molar-refractivity contribution is -0.479. The van der Waals surface area contributed by atoms with E-state index in [0.29, 0.717) is 50.4 Å². The Kier molecular flexibility index (Phi) is 9.55. The second-order valence-corrected chi connectivity index (χ2v) is 10.4. The molecule has 0 spiro atoms. The van der Waals surface area contributed by atoms with Gasteiger partial charge in [-0.1, -0.05) is 47.1 Å². The summed E-state index contributed by atoms with van der Waals surface area (Å²) in [5.74, 6) is 2.34. The molecule has 1 heterocycles. The summed E-state index contributed by atoms with van der Waals surface area (Å²) in [4.78, 5) is 11.3. The first-order valence-electron chi connectivity index (χ1n) is 12.0. The lowest BCUT2D eigenvalue weighted by Crippen LogP contribution is -2.12. The minimum absolute atomic E-state index is 0.201. The van der Waals surface area contributed by atoms with Gasteiger partial charge in [-0.2, -0.15) is 0 Å². The maximum absolute atomic E-state index is 11.7. The van der Waals surface area contributed by atoms with Crippen LogP contribution in [0.25, 0.3) is 5.69 Å². The summed E-state index contributed by atoms with van der Waals surface area (Å²) >= 11 is 13.5. The zero-order chi connectivity index (χ0) is 27.9. The van der Waals surface area contributed by atoms with Crippen molar-refractivity contribution in [2.45, 2.75) is 30.9 Å². The van der Waals surface area contributed by atoms with Gasteiger partial charge in [-0.15, -0.1) is 10.2 Å². The number of aryl methyl sites for hydroxylation is 1. The highest BCUT2D eigenvalue weighted by atomic mass is 35.5. The van der Waals surface area contributed by atoms with E-state index in [4.69, 9.17) is 37.4 Å². The second kappa shape index (κ2) is 13.1. The summed E-state index contributed by atoms with van der Waals surface area (Å²) in [5.41, 5.74) is 2.28. The summed E-state index contributed by atoms with van der Waals surface area (Å²) in [7, 11) is 1.60. The zero-order valence-electron chi connectivity index (χ0n) is 21.5. The van der Waals surface area contributed by atoms with Crippen LogP contribution in [0.5, 0.6) is 17.2 Å². The van der Waals surface area contributed by atoms with Gasteiger partial charge >= 0.3 is 0 Å². The van der Waals surface area contributed by atoms with Gasteiger partial charge in [-0.3, -0.25) is 14.7 Å². The van der Waals surface area contributed by atoms with Crippen molar-refractivity contribution in [3.05, 3.63) is 97.8 Å². The first kappa shape index (κ1) is 28.5. The molecule has 12 heteroatoms. The molecular weight excluding hydrogens is 563 g/mol. The van der Waals surface area contributed by atoms with Crippen LogP contribution in [-0.2, 0) is 6.61 Å². The number of thioether (sulfide) groups is 1. The molecule has 0 aliphatic heterocycles. The number of methoxy groups -OCH3 is 1. The molecule has 204 valence electrons. The number of ether oxygens (including phenoxy) is 3. The maximum atomic E-state index is 11.7. The van der Waals surface area contributed by atoms with E-state index in [-0.39, 0.29) is 18.1 Å². The Balaban J connectivity index is 1.62. The quantitative estimate of drug-likeness (QED) is 0.0991. The van der Waals surface area contributed by atoms with E-state index < -0.39 is 5.25 Å². The predicted octanol–water partition coefficient (Wildman–Crippen LogP) is 6.98. The van der Waals surface area contributed by atoms with Crippen LogP contribution in [0.15, 0.2) is 65.8 Å². The Bertz CT molecular complexity index is 1450. The third-order valence-electron chi connectivity index (χ3n) is 5.73. The molecule has 0 fully saturated rings. The summed E-state index contributed by atoms with van der Waals surface area (Å²) in [6, 6.07) is 17.9. The molecule has 0 N–H and O–H groups in total. The first-order valence-corrected chi connectivity index (χ1v) is 13.6. The Morgan fingerprint density at radius 2 is 1.79 bits per heavy atom. The number of hydrogen-bond donors (Lipinski definition) is 0. The van der Waals surface area contributed by atoms with Gasteiger partial charge in [-0.05, 0) is 67.9 Å². The highest BCUT2D eigenvalue weighted by molar-refractivity contribution is 7.99. The first-order chi connectivity index (χ1) is 18.8. The summed E-state index contributed by atoms with van der Waals surface area (Å²) in [6.07, 6.45) is 0.